The largest absolute Gasteiger partial charge is 0.493 e. The Hall–Kier alpha value is -4.20. The predicted octanol–water partition coefficient (Wildman–Crippen LogP) is 5.34. The topological polar surface area (TPSA) is 65.1 Å². The van der Waals surface area contributed by atoms with Crippen molar-refractivity contribution < 1.29 is 32.6 Å². The van der Waals surface area contributed by atoms with Gasteiger partial charge in [0.2, 0.25) is 5.75 Å². The summed E-state index contributed by atoms with van der Waals surface area (Å²) in [5, 5.41) is 0. The van der Waals surface area contributed by atoms with Gasteiger partial charge in [0.25, 0.3) is 11.8 Å². The van der Waals surface area contributed by atoms with E-state index in [2.05, 4.69) is 4.74 Å². The van der Waals surface area contributed by atoms with Crippen molar-refractivity contribution in [1.29, 1.82) is 0 Å². The van der Waals surface area contributed by atoms with E-state index >= 15 is 0 Å². The van der Waals surface area contributed by atoms with Crippen LogP contribution in [0.15, 0.2) is 60.7 Å². The van der Waals surface area contributed by atoms with Crippen LogP contribution in [0.1, 0.15) is 27.0 Å². The number of hydrogen-bond donors (Lipinski definition) is 0. The molecule has 0 bridgehead atoms. The van der Waals surface area contributed by atoms with Crippen LogP contribution in [-0.2, 0) is 4.79 Å². The molecule has 0 N–H and O–H groups in total. The summed E-state index contributed by atoms with van der Waals surface area (Å²) in [5.74, 6) is -1.18. The number of aryl methyl sites for hydroxylation is 1. The summed E-state index contributed by atoms with van der Waals surface area (Å²) in [6, 6.07) is 16.8. The zero-order valence-corrected chi connectivity index (χ0v) is 18.7. The molecule has 0 fully saturated rings. The third-order valence-electron chi connectivity index (χ3n) is 5.34. The van der Waals surface area contributed by atoms with E-state index in [0.29, 0.717) is 22.4 Å². The first-order valence-electron chi connectivity index (χ1n) is 10.3. The van der Waals surface area contributed by atoms with Crippen LogP contribution in [0.25, 0.3) is 11.6 Å². The Morgan fingerprint density at radius 2 is 1.50 bits per heavy atom. The molecule has 1 aliphatic rings. The fourth-order valence-corrected chi connectivity index (χ4v) is 3.85. The van der Waals surface area contributed by atoms with Gasteiger partial charge in [-0.15, -0.1) is 0 Å². The molecule has 3 aromatic carbocycles. The number of rotatable bonds is 6. The van der Waals surface area contributed by atoms with E-state index in [1.807, 2.05) is 13.0 Å². The first kappa shape index (κ1) is 23.0. The van der Waals surface area contributed by atoms with E-state index in [-0.39, 0.29) is 22.8 Å². The zero-order chi connectivity index (χ0) is 24.4. The van der Waals surface area contributed by atoms with Crippen LogP contribution in [0.3, 0.4) is 0 Å². The van der Waals surface area contributed by atoms with Crippen molar-refractivity contribution in [1.82, 2.24) is 0 Å². The SMILES string of the molecule is COc1cc(/C=C2/C(=O)N(c3cccc(C)c3)C(=O)c3ccccc32)cc(OC)c1OC(F)F. The highest BCUT2D eigenvalue weighted by Crippen LogP contribution is 2.41. The molecule has 0 aromatic heterocycles. The minimum atomic E-state index is -3.08. The van der Waals surface area contributed by atoms with Crippen molar-refractivity contribution in [3.8, 4) is 17.2 Å². The van der Waals surface area contributed by atoms with Crippen LogP contribution in [0.5, 0.6) is 17.2 Å². The minimum Gasteiger partial charge on any atom is -0.493 e. The zero-order valence-electron chi connectivity index (χ0n) is 18.7. The van der Waals surface area contributed by atoms with Crippen LogP contribution in [-0.4, -0.2) is 32.6 Å². The van der Waals surface area contributed by atoms with Gasteiger partial charge in [-0.05, 0) is 60.0 Å². The number of carbonyl (C=O) groups excluding carboxylic acids is 2. The van der Waals surface area contributed by atoms with Gasteiger partial charge < -0.3 is 14.2 Å². The number of fused-ring (bicyclic) bond motifs is 1. The molecule has 0 unspecified atom stereocenters. The molecule has 2 amide bonds. The molecule has 0 saturated heterocycles. The molecular formula is C26H21F2NO5. The number of hydrogen-bond acceptors (Lipinski definition) is 5. The van der Waals surface area contributed by atoms with Crippen LogP contribution in [0.4, 0.5) is 14.5 Å². The number of ether oxygens (including phenoxy) is 3. The molecule has 0 radical (unpaired) electrons. The van der Waals surface area contributed by atoms with E-state index in [1.165, 1.54) is 26.4 Å². The summed E-state index contributed by atoms with van der Waals surface area (Å²) in [6.45, 7) is -1.21. The second kappa shape index (κ2) is 9.35. The number of alkyl halides is 2. The normalized spacial score (nSPS) is 14.4. The van der Waals surface area contributed by atoms with Gasteiger partial charge >= 0.3 is 6.61 Å². The lowest BCUT2D eigenvalue weighted by Gasteiger charge is -2.29. The van der Waals surface area contributed by atoms with E-state index < -0.39 is 18.4 Å². The maximum atomic E-state index is 13.6. The quantitative estimate of drug-likeness (QED) is 0.363. The summed E-state index contributed by atoms with van der Waals surface area (Å²) in [6.07, 6.45) is 1.56. The number of amides is 2. The van der Waals surface area contributed by atoms with Gasteiger partial charge in [0.05, 0.1) is 19.9 Å². The molecular weight excluding hydrogens is 444 g/mol. The van der Waals surface area contributed by atoms with Crippen molar-refractivity contribution in [2.45, 2.75) is 13.5 Å². The second-order valence-electron chi connectivity index (χ2n) is 7.52. The number of imide groups is 1. The van der Waals surface area contributed by atoms with Gasteiger partial charge in [0.15, 0.2) is 11.5 Å². The molecule has 174 valence electrons. The van der Waals surface area contributed by atoms with Gasteiger partial charge in [-0.2, -0.15) is 8.78 Å². The second-order valence-corrected chi connectivity index (χ2v) is 7.52. The Labute approximate surface area is 195 Å². The highest BCUT2D eigenvalue weighted by molar-refractivity contribution is 6.43. The van der Waals surface area contributed by atoms with Crippen molar-refractivity contribution in [3.63, 3.8) is 0 Å². The Bertz CT molecular complexity index is 1280. The average Bonchev–Trinajstić information content (AvgIpc) is 2.82. The van der Waals surface area contributed by atoms with E-state index in [4.69, 9.17) is 9.47 Å². The van der Waals surface area contributed by atoms with Gasteiger partial charge in [-0.3, -0.25) is 9.59 Å². The molecule has 0 saturated carbocycles. The van der Waals surface area contributed by atoms with Crippen molar-refractivity contribution >= 4 is 29.2 Å². The molecule has 3 aromatic rings. The average molecular weight is 465 g/mol. The summed E-state index contributed by atoms with van der Waals surface area (Å²) in [7, 11) is 2.62. The standard InChI is InChI=1S/C26H21F2NO5/c1-15-7-6-8-17(11-15)29-24(30)19-10-5-4-9-18(19)20(25(29)31)12-16-13-21(32-2)23(34-26(27)28)22(14-16)33-3/h4-14,26H,1-3H3/b20-12+. The lowest BCUT2D eigenvalue weighted by Crippen LogP contribution is -2.41. The molecule has 8 heteroatoms. The lowest BCUT2D eigenvalue weighted by atomic mass is 9.91. The van der Waals surface area contributed by atoms with E-state index in [0.717, 1.165) is 10.5 Å². The number of anilines is 1. The fourth-order valence-electron chi connectivity index (χ4n) is 3.85. The van der Waals surface area contributed by atoms with E-state index in [9.17, 15) is 18.4 Å². The first-order chi connectivity index (χ1) is 16.3. The first-order valence-corrected chi connectivity index (χ1v) is 10.3. The Balaban J connectivity index is 1.89. The summed E-state index contributed by atoms with van der Waals surface area (Å²) in [5.41, 5.74) is 2.87. The molecule has 0 atom stereocenters. The number of carbonyl (C=O) groups is 2. The lowest BCUT2D eigenvalue weighted by molar-refractivity contribution is -0.112. The number of nitrogens with zero attached hydrogens (tertiary/aromatic N) is 1. The Morgan fingerprint density at radius 1 is 0.853 bits per heavy atom. The maximum Gasteiger partial charge on any atom is 0.387 e. The number of methoxy groups -OCH3 is 2. The van der Waals surface area contributed by atoms with Crippen LogP contribution in [0, 0.1) is 6.92 Å². The van der Waals surface area contributed by atoms with Crippen molar-refractivity contribution in [2.75, 3.05) is 19.1 Å². The Kier molecular flexibility index (Phi) is 6.32. The monoisotopic (exact) mass is 465 g/mol. The smallest absolute Gasteiger partial charge is 0.387 e. The van der Waals surface area contributed by atoms with Crippen molar-refractivity contribution in [2.24, 2.45) is 0 Å². The third kappa shape index (κ3) is 4.22. The van der Waals surface area contributed by atoms with Crippen LogP contribution < -0.4 is 19.1 Å². The van der Waals surface area contributed by atoms with E-state index in [1.54, 1.807) is 48.5 Å². The fraction of sp³-hybridized carbons (Fsp3) is 0.154. The number of benzene rings is 3. The minimum absolute atomic E-state index is 0.00894. The van der Waals surface area contributed by atoms with Gasteiger partial charge in [0.1, 0.15) is 0 Å². The predicted molar refractivity (Wildman–Crippen MR) is 123 cm³/mol. The van der Waals surface area contributed by atoms with Gasteiger partial charge in [-0.1, -0.05) is 30.3 Å². The summed E-state index contributed by atoms with van der Waals surface area (Å²) in [4.78, 5) is 28.0. The molecule has 6 nitrogen and oxygen atoms in total. The molecule has 34 heavy (non-hydrogen) atoms. The van der Waals surface area contributed by atoms with Gasteiger partial charge in [0, 0.05) is 11.1 Å². The molecule has 0 aliphatic carbocycles. The summed E-state index contributed by atoms with van der Waals surface area (Å²) < 4.78 is 40.8. The Morgan fingerprint density at radius 3 is 2.09 bits per heavy atom. The summed E-state index contributed by atoms with van der Waals surface area (Å²) >= 11 is 0. The molecule has 4 rings (SSSR count). The van der Waals surface area contributed by atoms with Crippen LogP contribution in [0.2, 0.25) is 0 Å². The highest BCUT2D eigenvalue weighted by Gasteiger charge is 2.36. The third-order valence-corrected chi connectivity index (χ3v) is 5.34. The molecule has 0 spiro atoms. The number of halogens is 2. The van der Waals surface area contributed by atoms with Gasteiger partial charge in [-0.25, -0.2) is 4.90 Å². The maximum absolute atomic E-state index is 13.6. The molecule has 1 aliphatic heterocycles. The van der Waals surface area contributed by atoms with Crippen molar-refractivity contribution in [3.05, 3.63) is 82.9 Å². The highest BCUT2D eigenvalue weighted by atomic mass is 19.3. The molecule has 1 heterocycles. The van der Waals surface area contributed by atoms with Crippen LogP contribution >= 0.6 is 0 Å².